The van der Waals surface area contributed by atoms with Gasteiger partial charge in [0.05, 0.1) is 12.7 Å². The standard InChI is InChI=1S/C15H20FNO3/c1-20-12-7-5-6-11(16)13(12)14(18)17-10-15(19)8-3-2-4-9-15/h5-7,19H,2-4,8-10H2,1H3,(H,17,18). The van der Waals surface area contributed by atoms with Crippen molar-refractivity contribution < 1.29 is 19.0 Å². The minimum Gasteiger partial charge on any atom is -0.496 e. The highest BCUT2D eigenvalue weighted by Gasteiger charge is 2.30. The maximum absolute atomic E-state index is 13.7. The van der Waals surface area contributed by atoms with E-state index in [-0.39, 0.29) is 17.9 Å². The first-order valence-corrected chi connectivity index (χ1v) is 6.89. The second-order valence-corrected chi connectivity index (χ2v) is 5.28. The van der Waals surface area contributed by atoms with Crippen LogP contribution in [0.2, 0.25) is 0 Å². The Morgan fingerprint density at radius 1 is 1.40 bits per heavy atom. The molecule has 1 amide bonds. The highest BCUT2D eigenvalue weighted by molar-refractivity contribution is 5.97. The van der Waals surface area contributed by atoms with E-state index in [9.17, 15) is 14.3 Å². The third kappa shape index (κ3) is 3.28. The van der Waals surface area contributed by atoms with Crippen LogP contribution in [0.1, 0.15) is 42.5 Å². The van der Waals surface area contributed by atoms with Crippen molar-refractivity contribution in [3.8, 4) is 5.75 Å². The SMILES string of the molecule is COc1cccc(F)c1C(=O)NCC1(O)CCCCC1. The molecule has 0 bridgehead atoms. The third-order valence-corrected chi connectivity index (χ3v) is 3.78. The highest BCUT2D eigenvalue weighted by atomic mass is 19.1. The van der Waals surface area contributed by atoms with E-state index in [0.29, 0.717) is 12.8 Å². The van der Waals surface area contributed by atoms with Gasteiger partial charge in [0.1, 0.15) is 17.1 Å². The molecule has 0 saturated heterocycles. The normalized spacial score (nSPS) is 17.6. The lowest BCUT2D eigenvalue weighted by molar-refractivity contribution is 0.00518. The minimum atomic E-state index is -0.869. The fourth-order valence-corrected chi connectivity index (χ4v) is 2.61. The Morgan fingerprint density at radius 3 is 2.75 bits per heavy atom. The van der Waals surface area contributed by atoms with Crippen molar-refractivity contribution in [2.45, 2.75) is 37.7 Å². The molecule has 110 valence electrons. The van der Waals surface area contributed by atoms with Gasteiger partial charge in [-0.2, -0.15) is 0 Å². The van der Waals surface area contributed by atoms with E-state index in [0.717, 1.165) is 19.3 Å². The Bertz CT molecular complexity index is 484. The molecule has 2 N–H and O–H groups in total. The summed E-state index contributed by atoms with van der Waals surface area (Å²) >= 11 is 0. The van der Waals surface area contributed by atoms with Crippen molar-refractivity contribution in [3.05, 3.63) is 29.6 Å². The molecule has 2 rings (SSSR count). The lowest BCUT2D eigenvalue weighted by Gasteiger charge is -2.32. The number of amides is 1. The highest BCUT2D eigenvalue weighted by Crippen LogP contribution is 2.27. The Morgan fingerprint density at radius 2 is 2.10 bits per heavy atom. The van der Waals surface area contributed by atoms with Gasteiger partial charge in [-0.3, -0.25) is 4.79 Å². The first-order valence-electron chi connectivity index (χ1n) is 6.89. The largest absolute Gasteiger partial charge is 0.496 e. The number of nitrogens with one attached hydrogen (secondary N) is 1. The summed E-state index contributed by atoms with van der Waals surface area (Å²) in [4.78, 5) is 12.1. The van der Waals surface area contributed by atoms with Crippen LogP contribution in [-0.4, -0.2) is 30.3 Å². The number of ether oxygens (including phenoxy) is 1. The Balaban J connectivity index is 2.05. The number of carbonyl (C=O) groups excluding carboxylic acids is 1. The fraction of sp³-hybridized carbons (Fsp3) is 0.533. The zero-order chi connectivity index (χ0) is 14.6. The van der Waals surface area contributed by atoms with Crippen LogP contribution in [0.3, 0.4) is 0 Å². The van der Waals surface area contributed by atoms with Crippen molar-refractivity contribution in [2.24, 2.45) is 0 Å². The molecule has 0 atom stereocenters. The lowest BCUT2D eigenvalue weighted by atomic mass is 9.85. The quantitative estimate of drug-likeness (QED) is 0.890. The van der Waals surface area contributed by atoms with Gasteiger partial charge in [-0.15, -0.1) is 0 Å². The number of halogens is 1. The smallest absolute Gasteiger partial charge is 0.258 e. The maximum atomic E-state index is 13.7. The molecule has 1 saturated carbocycles. The number of methoxy groups -OCH3 is 1. The van der Waals surface area contributed by atoms with Gasteiger partial charge in [0.2, 0.25) is 0 Å². The molecule has 4 nitrogen and oxygen atoms in total. The Hall–Kier alpha value is -1.62. The predicted octanol–water partition coefficient (Wildman–Crippen LogP) is 2.26. The molecular weight excluding hydrogens is 261 g/mol. The van der Waals surface area contributed by atoms with Crippen molar-refractivity contribution >= 4 is 5.91 Å². The number of carbonyl (C=O) groups is 1. The molecule has 1 aromatic rings. The third-order valence-electron chi connectivity index (χ3n) is 3.78. The van der Waals surface area contributed by atoms with E-state index in [4.69, 9.17) is 4.74 Å². The molecule has 0 heterocycles. The molecule has 0 aromatic heterocycles. The van der Waals surface area contributed by atoms with Crippen molar-refractivity contribution in [3.63, 3.8) is 0 Å². The monoisotopic (exact) mass is 281 g/mol. The summed E-state index contributed by atoms with van der Waals surface area (Å²) in [5, 5.41) is 12.9. The van der Waals surface area contributed by atoms with Gasteiger partial charge in [0, 0.05) is 6.54 Å². The summed E-state index contributed by atoms with van der Waals surface area (Å²) in [5.41, 5.74) is -0.985. The zero-order valence-electron chi connectivity index (χ0n) is 11.6. The maximum Gasteiger partial charge on any atom is 0.258 e. The lowest BCUT2D eigenvalue weighted by Crippen LogP contribution is -2.44. The molecule has 1 fully saturated rings. The van der Waals surface area contributed by atoms with E-state index < -0.39 is 17.3 Å². The van der Waals surface area contributed by atoms with Crippen LogP contribution in [0.15, 0.2) is 18.2 Å². The summed E-state index contributed by atoms with van der Waals surface area (Å²) in [6.07, 6.45) is 4.35. The summed E-state index contributed by atoms with van der Waals surface area (Å²) < 4.78 is 18.7. The van der Waals surface area contributed by atoms with Crippen LogP contribution in [0.4, 0.5) is 4.39 Å². The van der Waals surface area contributed by atoms with Crippen LogP contribution in [0.25, 0.3) is 0 Å². The van der Waals surface area contributed by atoms with Gasteiger partial charge < -0.3 is 15.2 Å². The minimum absolute atomic E-state index is 0.116. The Kier molecular flexibility index (Phi) is 4.60. The molecule has 1 aromatic carbocycles. The second kappa shape index (κ2) is 6.22. The van der Waals surface area contributed by atoms with Gasteiger partial charge >= 0.3 is 0 Å². The van der Waals surface area contributed by atoms with Gasteiger partial charge in [0.15, 0.2) is 0 Å². The number of aliphatic hydroxyl groups is 1. The van der Waals surface area contributed by atoms with Gasteiger partial charge in [-0.1, -0.05) is 25.3 Å². The van der Waals surface area contributed by atoms with Crippen LogP contribution in [0.5, 0.6) is 5.75 Å². The van der Waals surface area contributed by atoms with E-state index in [1.54, 1.807) is 0 Å². The van der Waals surface area contributed by atoms with E-state index in [1.165, 1.54) is 25.3 Å². The number of rotatable bonds is 4. The topological polar surface area (TPSA) is 58.6 Å². The Labute approximate surface area is 117 Å². The first kappa shape index (κ1) is 14.8. The van der Waals surface area contributed by atoms with E-state index in [1.807, 2.05) is 0 Å². The second-order valence-electron chi connectivity index (χ2n) is 5.28. The van der Waals surface area contributed by atoms with Crippen LogP contribution in [0, 0.1) is 5.82 Å². The van der Waals surface area contributed by atoms with Crippen molar-refractivity contribution in [2.75, 3.05) is 13.7 Å². The molecule has 1 aliphatic rings. The fourth-order valence-electron chi connectivity index (χ4n) is 2.61. The molecule has 0 spiro atoms. The number of hydrogen-bond acceptors (Lipinski definition) is 3. The summed E-state index contributed by atoms with van der Waals surface area (Å²) in [6, 6.07) is 4.24. The van der Waals surface area contributed by atoms with Crippen molar-refractivity contribution in [1.29, 1.82) is 0 Å². The number of benzene rings is 1. The molecule has 1 aliphatic carbocycles. The van der Waals surface area contributed by atoms with E-state index >= 15 is 0 Å². The average molecular weight is 281 g/mol. The summed E-state index contributed by atoms with van der Waals surface area (Å²) in [7, 11) is 1.39. The summed E-state index contributed by atoms with van der Waals surface area (Å²) in [5.74, 6) is -0.991. The van der Waals surface area contributed by atoms with Gasteiger partial charge in [0.25, 0.3) is 5.91 Å². The predicted molar refractivity (Wildman–Crippen MR) is 73.3 cm³/mol. The average Bonchev–Trinajstić information content (AvgIpc) is 2.45. The van der Waals surface area contributed by atoms with Crippen LogP contribution >= 0.6 is 0 Å². The number of hydrogen-bond donors (Lipinski definition) is 2. The van der Waals surface area contributed by atoms with Crippen molar-refractivity contribution in [1.82, 2.24) is 5.32 Å². The first-order chi connectivity index (χ1) is 9.56. The van der Waals surface area contributed by atoms with Gasteiger partial charge in [-0.05, 0) is 25.0 Å². The molecule has 0 aliphatic heterocycles. The van der Waals surface area contributed by atoms with Crippen LogP contribution < -0.4 is 10.1 Å². The molecule has 5 heteroatoms. The summed E-state index contributed by atoms with van der Waals surface area (Å²) in [6.45, 7) is 0.142. The van der Waals surface area contributed by atoms with E-state index in [2.05, 4.69) is 5.32 Å². The molecule has 0 unspecified atom stereocenters. The molecular formula is C15H20FNO3. The zero-order valence-corrected chi connectivity index (χ0v) is 11.6. The van der Waals surface area contributed by atoms with Gasteiger partial charge in [-0.25, -0.2) is 4.39 Å². The molecule has 20 heavy (non-hydrogen) atoms. The molecule has 0 radical (unpaired) electrons. The van der Waals surface area contributed by atoms with Crippen LogP contribution in [-0.2, 0) is 0 Å².